The Kier molecular flexibility index (Phi) is 1.27. The van der Waals surface area contributed by atoms with Crippen molar-refractivity contribution in [3.05, 3.63) is 0 Å². The van der Waals surface area contributed by atoms with E-state index in [1.54, 1.807) is 0 Å². The van der Waals surface area contributed by atoms with Gasteiger partial charge in [-0.3, -0.25) is 4.79 Å². The summed E-state index contributed by atoms with van der Waals surface area (Å²) in [6.07, 6.45) is 1.21. The molecular formula is C4H6N4O. The van der Waals surface area contributed by atoms with E-state index >= 15 is 0 Å². The number of nitrogens with zero attached hydrogens (tertiary/aromatic N) is 1. The fourth-order valence-corrected chi connectivity index (χ4v) is 0.457. The van der Waals surface area contributed by atoms with Crippen LogP contribution in [0.25, 0.3) is 0 Å². The van der Waals surface area contributed by atoms with Crippen molar-refractivity contribution in [1.82, 2.24) is 5.43 Å². The van der Waals surface area contributed by atoms with E-state index in [0.29, 0.717) is 0 Å². The molecule has 1 amide bonds. The third-order valence-electron chi connectivity index (χ3n) is 0.996. The van der Waals surface area contributed by atoms with Gasteiger partial charge < -0.3 is 11.1 Å². The quantitative estimate of drug-likeness (QED) is 0.366. The van der Waals surface area contributed by atoms with Crippen molar-refractivity contribution in [2.24, 2.45) is 10.8 Å². The lowest BCUT2D eigenvalue weighted by atomic mass is 10.2. The topological polar surface area (TPSA) is 91.3 Å². The van der Waals surface area contributed by atoms with Crippen LogP contribution in [0.4, 0.5) is 0 Å². The van der Waals surface area contributed by atoms with Crippen LogP contribution < -0.4 is 11.2 Å². The van der Waals surface area contributed by atoms with E-state index < -0.39 is 11.9 Å². The summed E-state index contributed by atoms with van der Waals surface area (Å²) in [5.74, 6) is -0.428. The second kappa shape index (κ2) is 1.94. The zero-order valence-corrected chi connectivity index (χ0v) is 4.59. The Morgan fingerprint density at radius 2 is 2.56 bits per heavy atom. The molecule has 1 unspecified atom stereocenters. The number of hydrogen-bond donors (Lipinski definition) is 3. The zero-order chi connectivity index (χ0) is 6.85. The van der Waals surface area contributed by atoms with Crippen molar-refractivity contribution in [1.29, 1.82) is 5.41 Å². The van der Waals surface area contributed by atoms with E-state index in [9.17, 15) is 4.79 Å². The van der Waals surface area contributed by atoms with Gasteiger partial charge in [-0.15, -0.1) is 0 Å². The third-order valence-corrected chi connectivity index (χ3v) is 0.996. The van der Waals surface area contributed by atoms with Crippen LogP contribution in [0.2, 0.25) is 0 Å². The van der Waals surface area contributed by atoms with Crippen LogP contribution in [-0.4, -0.2) is 23.9 Å². The van der Waals surface area contributed by atoms with Gasteiger partial charge in [-0.1, -0.05) is 0 Å². The van der Waals surface area contributed by atoms with Crippen LogP contribution in [-0.2, 0) is 4.79 Å². The number of amides is 1. The lowest BCUT2D eigenvalue weighted by Crippen LogP contribution is -2.48. The Bertz CT molecular complexity index is 185. The largest absolute Gasteiger partial charge is 0.315 e. The Morgan fingerprint density at radius 1 is 1.89 bits per heavy atom. The van der Waals surface area contributed by atoms with Gasteiger partial charge in [0.25, 0.3) is 5.91 Å². The van der Waals surface area contributed by atoms with Gasteiger partial charge in [0.15, 0.2) is 0 Å². The molecule has 1 aliphatic heterocycles. The number of hydrogen-bond acceptors (Lipinski definition) is 4. The summed E-state index contributed by atoms with van der Waals surface area (Å²) >= 11 is 0. The third kappa shape index (κ3) is 0.945. The molecule has 0 bridgehead atoms. The SMILES string of the molecule is N=C1C=NNC(=O)C1N. The van der Waals surface area contributed by atoms with E-state index in [4.69, 9.17) is 11.1 Å². The summed E-state index contributed by atoms with van der Waals surface area (Å²) in [6.45, 7) is 0. The number of nitrogens with one attached hydrogen (secondary N) is 2. The molecule has 5 heteroatoms. The van der Waals surface area contributed by atoms with Crippen LogP contribution in [0.1, 0.15) is 0 Å². The Morgan fingerprint density at radius 3 is 3.00 bits per heavy atom. The van der Waals surface area contributed by atoms with Crippen LogP contribution in [0.15, 0.2) is 5.10 Å². The Labute approximate surface area is 51.4 Å². The van der Waals surface area contributed by atoms with Crippen LogP contribution in [0.5, 0.6) is 0 Å². The molecule has 1 heterocycles. The molecule has 9 heavy (non-hydrogen) atoms. The van der Waals surface area contributed by atoms with E-state index in [1.165, 1.54) is 6.21 Å². The normalized spacial score (nSPS) is 26.1. The number of rotatable bonds is 0. The molecule has 5 nitrogen and oxygen atoms in total. The molecule has 0 saturated carbocycles. The van der Waals surface area contributed by atoms with E-state index in [0.717, 1.165) is 0 Å². The predicted octanol–water partition coefficient (Wildman–Crippen LogP) is -1.55. The number of nitrogens with two attached hydrogens (primary N) is 1. The first-order valence-electron chi connectivity index (χ1n) is 2.39. The summed E-state index contributed by atoms with van der Waals surface area (Å²) < 4.78 is 0. The van der Waals surface area contributed by atoms with Gasteiger partial charge in [0.05, 0.1) is 11.9 Å². The maximum absolute atomic E-state index is 10.5. The van der Waals surface area contributed by atoms with E-state index in [-0.39, 0.29) is 5.71 Å². The first kappa shape index (κ1) is 5.90. The molecular weight excluding hydrogens is 120 g/mol. The second-order valence-electron chi connectivity index (χ2n) is 1.67. The van der Waals surface area contributed by atoms with Gasteiger partial charge in [-0.2, -0.15) is 5.10 Å². The monoisotopic (exact) mass is 126 g/mol. The van der Waals surface area contributed by atoms with E-state index in [2.05, 4.69) is 10.5 Å². The molecule has 1 rings (SSSR count). The van der Waals surface area contributed by atoms with Crippen molar-refractivity contribution in [3.8, 4) is 0 Å². The maximum Gasteiger partial charge on any atom is 0.263 e. The van der Waals surface area contributed by atoms with Crippen LogP contribution in [0.3, 0.4) is 0 Å². The van der Waals surface area contributed by atoms with Crippen LogP contribution in [0, 0.1) is 5.41 Å². The fourth-order valence-electron chi connectivity index (χ4n) is 0.457. The lowest BCUT2D eigenvalue weighted by molar-refractivity contribution is -0.121. The molecule has 0 spiro atoms. The average molecular weight is 126 g/mol. The van der Waals surface area contributed by atoms with Gasteiger partial charge in [-0.25, -0.2) is 5.43 Å². The van der Waals surface area contributed by atoms with Gasteiger partial charge in [0.1, 0.15) is 6.04 Å². The molecule has 0 saturated heterocycles. The molecule has 0 aromatic carbocycles. The minimum atomic E-state index is -0.845. The highest BCUT2D eigenvalue weighted by atomic mass is 16.2. The minimum absolute atomic E-state index is 0.0405. The molecule has 0 aliphatic carbocycles. The molecule has 4 N–H and O–H groups in total. The standard InChI is InChI=1S/C4H6N4O/c5-2-1-7-8-4(9)3(2)6/h1,3,5H,6H2,(H,8,9). The highest BCUT2D eigenvalue weighted by molar-refractivity contribution is 6.37. The summed E-state index contributed by atoms with van der Waals surface area (Å²) in [6, 6.07) is -0.845. The fraction of sp³-hybridized carbons (Fsp3) is 0.250. The van der Waals surface area contributed by atoms with Crippen LogP contribution >= 0.6 is 0 Å². The zero-order valence-electron chi connectivity index (χ0n) is 4.59. The highest BCUT2D eigenvalue weighted by Crippen LogP contribution is 1.85. The summed E-state index contributed by atoms with van der Waals surface area (Å²) in [5.41, 5.74) is 7.36. The molecule has 0 aromatic heterocycles. The average Bonchev–Trinajstić information content (AvgIpc) is 1.83. The molecule has 0 radical (unpaired) electrons. The van der Waals surface area contributed by atoms with Gasteiger partial charge in [0, 0.05) is 0 Å². The number of hydrazone groups is 1. The maximum atomic E-state index is 10.5. The second-order valence-corrected chi connectivity index (χ2v) is 1.67. The summed E-state index contributed by atoms with van der Waals surface area (Å²) in [7, 11) is 0. The summed E-state index contributed by atoms with van der Waals surface area (Å²) in [4.78, 5) is 10.5. The van der Waals surface area contributed by atoms with Gasteiger partial charge in [0.2, 0.25) is 0 Å². The molecule has 1 aliphatic rings. The first-order chi connectivity index (χ1) is 4.22. The van der Waals surface area contributed by atoms with Gasteiger partial charge in [-0.05, 0) is 0 Å². The Hall–Kier alpha value is -1.23. The summed E-state index contributed by atoms with van der Waals surface area (Å²) in [5, 5.41) is 10.4. The smallest absolute Gasteiger partial charge is 0.263 e. The molecule has 0 aromatic rings. The molecule has 0 fully saturated rings. The molecule has 48 valence electrons. The molecule has 1 atom stereocenters. The first-order valence-corrected chi connectivity index (χ1v) is 2.39. The number of carbonyl (C=O) groups excluding carboxylic acids is 1. The lowest BCUT2D eigenvalue weighted by Gasteiger charge is -2.11. The van der Waals surface area contributed by atoms with Crippen molar-refractivity contribution in [2.45, 2.75) is 6.04 Å². The predicted molar refractivity (Wildman–Crippen MR) is 32.3 cm³/mol. The van der Waals surface area contributed by atoms with Crippen molar-refractivity contribution in [2.75, 3.05) is 0 Å². The van der Waals surface area contributed by atoms with Gasteiger partial charge >= 0.3 is 0 Å². The Balaban J connectivity index is 2.81. The number of carbonyl (C=O) groups is 1. The van der Waals surface area contributed by atoms with Crippen molar-refractivity contribution in [3.63, 3.8) is 0 Å². The van der Waals surface area contributed by atoms with Crippen molar-refractivity contribution < 1.29 is 4.79 Å². The van der Waals surface area contributed by atoms with Crippen molar-refractivity contribution >= 4 is 17.8 Å². The highest BCUT2D eigenvalue weighted by Gasteiger charge is 2.19. The minimum Gasteiger partial charge on any atom is -0.315 e. The van der Waals surface area contributed by atoms with E-state index in [1.807, 2.05) is 0 Å².